The van der Waals surface area contributed by atoms with Gasteiger partial charge in [-0.2, -0.15) is 12.6 Å². The molecule has 0 amide bonds. The Morgan fingerprint density at radius 2 is 2.17 bits per heavy atom. The average molecular weight is 195 g/mol. The molecular formula is C9H9NS2. The highest BCUT2D eigenvalue weighted by molar-refractivity contribution is 7.79. The van der Waals surface area contributed by atoms with E-state index in [-0.39, 0.29) is 0 Å². The minimum Gasteiger partial charge on any atom is -0.399 e. The molecule has 0 aliphatic heterocycles. The smallest absolute Gasteiger partial charge is 0.0366 e. The minimum absolute atomic E-state index is 0.805. The summed E-state index contributed by atoms with van der Waals surface area (Å²) < 4.78 is 1.25. The first-order valence-electron chi connectivity index (χ1n) is 3.68. The lowest BCUT2D eigenvalue weighted by molar-refractivity contribution is 1.58. The number of thiol groups is 1. The van der Waals surface area contributed by atoms with Gasteiger partial charge in [-0.05, 0) is 23.6 Å². The summed E-state index contributed by atoms with van der Waals surface area (Å²) >= 11 is 5.98. The monoisotopic (exact) mass is 195 g/mol. The van der Waals surface area contributed by atoms with Crippen LogP contribution in [-0.2, 0) is 5.75 Å². The van der Waals surface area contributed by atoms with Gasteiger partial charge in [-0.15, -0.1) is 11.3 Å². The highest BCUT2D eigenvalue weighted by atomic mass is 32.1. The molecule has 0 spiro atoms. The molecule has 0 atom stereocenters. The van der Waals surface area contributed by atoms with Crippen LogP contribution >= 0.6 is 24.0 Å². The molecule has 2 aromatic rings. The first-order valence-corrected chi connectivity index (χ1v) is 5.13. The molecular weight excluding hydrogens is 186 g/mol. The maximum atomic E-state index is 5.66. The fourth-order valence-electron chi connectivity index (χ4n) is 1.18. The number of nitrogens with two attached hydrogens (primary N) is 1. The van der Waals surface area contributed by atoms with Gasteiger partial charge in [0.25, 0.3) is 0 Å². The van der Waals surface area contributed by atoms with Crippen molar-refractivity contribution in [2.45, 2.75) is 5.75 Å². The third kappa shape index (κ3) is 1.30. The molecule has 1 heterocycles. The largest absolute Gasteiger partial charge is 0.399 e. The van der Waals surface area contributed by atoms with Crippen molar-refractivity contribution in [3.05, 3.63) is 29.1 Å². The Labute approximate surface area is 80.6 Å². The lowest BCUT2D eigenvalue weighted by Gasteiger charge is -1.90. The van der Waals surface area contributed by atoms with Crippen molar-refractivity contribution in [2.75, 3.05) is 5.73 Å². The molecule has 62 valence electrons. The number of nitrogen functional groups attached to an aromatic ring is 1. The molecule has 0 bridgehead atoms. The van der Waals surface area contributed by atoms with Gasteiger partial charge in [0.05, 0.1) is 0 Å². The van der Waals surface area contributed by atoms with Crippen LogP contribution in [0.2, 0.25) is 0 Å². The number of fused-ring (bicyclic) bond motifs is 1. The summed E-state index contributed by atoms with van der Waals surface area (Å²) in [6, 6.07) is 8.14. The van der Waals surface area contributed by atoms with E-state index >= 15 is 0 Å². The summed E-state index contributed by atoms with van der Waals surface area (Å²) in [5.41, 5.74) is 6.49. The van der Waals surface area contributed by atoms with Gasteiger partial charge in [0.15, 0.2) is 0 Å². The number of hydrogen-bond acceptors (Lipinski definition) is 3. The fraction of sp³-hybridized carbons (Fsp3) is 0.111. The Bertz CT molecular complexity index is 406. The van der Waals surface area contributed by atoms with Crippen LogP contribution < -0.4 is 5.73 Å². The van der Waals surface area contributed by atoms with E-state index in [1.165, 1.54) is 15.0 Å². The number of anilines is 1. The second-order valence-electron chi connectivity index (χ2n) is 2.67. The van der Waals surface area contributed by atoms with E-state index in [0.717, 1.165) is 11.4 Å². The highest BCUT2D eigenvalue weighted by Crippen LogP contribution is 2.27. The lowest BCUT2D eigenvalue weighted by atomic mass is 10.2. The van der Waals surface area contributed by atoms with Gasteiger partial charge >= 0.3 is 0 Å². The second kappa shape index (κ2) is 2.99. The maximum Gasteiger partial charge on any atom is 0.0366 e. The van der Waals surface area contributed by atoms with Crippen molar-refractivity contribution in [2.24, 2.45) is 0 Å². The topological polar surface area (TPSA) is 26.0 Å². The number of benzene rings is 1. The quantitative estimate of drug-likeness (QED) is 0.531. The zero-order chi connectivity index (χ0) is 8.55. The Morgan fingerprint density at radius 3 is 2.92 bits per heavy atom. The van der Waals surface area contributed by atoms with Gasteiger partial charge in [-0.3, -0.25) is 0 Å². The maximum absolute atomic E-state index is 5.66. The average Bonchev–Trinajstić information content (AvgIpc) is 2.46. The van der Waals surface area contributed by atoms with Crippen LogP contribution in [0.4, 0.5) is 5.69 Å². The third-order valence-electron chi connectivity index (χ3n) is 1.75. The molecule has 0 unspecified atom stereocenters. The molecule has 1 aromatic heterocycles. The summed E-state index contributed by atoms with van der Waals surface area (Å²) in [5, 5.41) is 1.26. The van der Waals surface area contributed by atoms with Crippen molar-refractivity contribution in [1.82, 2.24) is 0 Å². The molecule has 0 saturated carbocycles. The molecule has 1 nitrogen and oxygen atoms in total. The molecule has 1 aromatic carbocycles. The van der Waals surface area contributed by atoms with E-state index in [0.29, 0.717) is 0 Å². The van der Waals surface area contributed by atoms with Crippen molar-refractivity contribution in [3.63, 3.8) is 0 Å². The van der Waals surface area contributed by atoms with E-state index in [9.17, 15) is 0 Å². The van der Waals surface area contributed by atoms with Gasteiger partial charge in [0, 0.05) is 21.0 Å². The van der Waals surface area contributed by atoms with Crippen LogP contribution in [0.25, 0.3) is 10.1 Å². The molecule has 0 saturated heterocycles. The van der Waals surface area contributed by atoms with Gasteiger partial charge in [-0.25, -0.2) is 0 Å². The Kier molecular flexibility index (Phi) is 1.98. The van der Waals surface area contributed by atoms with Crippen LogP contribution in [0.5, 0.6) is 0 Å². The van der Waals surface area contributed by atoms with Crippen molar-refractivity contribution >= 4 is 39.7 Å². The molecule has 3 heteroatoms. The fourth-order valence-corrected chi connectivity index (χ4v) is 2.44. The first kappa shape index (κ1) is 7.95. The zero-order valence-corrected chi connectivity index (χ0v) is 8.16. The second-order valence-corrected chi connectivity index (χ2v) is 4.15. The zero-order valence-electron chi connectivity index (χ0n) is 6.45. The van der Waals surface area contributed by atoms with Crippen LogP contribution in [0.15, 0.2) is 24.3 Å². The molecule has 12 heavy (non-hydrogen) atoms. The SMILES string of the molecule is Nc1ccc2cc(CS)sc2c1. The van der Waals surface area contributed by atoms with Gasteiger partial charge < -0.3 is 5.73 Å². The van der Waals surface area contributed by atoms with E-state index in [4.69, 9.17) is 5.73 Å². The predicted octanol–water partition coefficient (Wildman–Crippen LogP) is 2.91. The van der Waals surface area contributed by atoms with Crippen molar-refractivity contribution in [1.29, 1.82) is 0 Å². The highest BCUT2D eigenvalue weighted by Gasteiger charge is 1.99. The molecule has 0 fully saturated rings. The first-order chi connectivity index (χ1) is 5.79. The lowest BCUT2D eigenvalue weighted by Crippen LogP contribution is -1.80. The summed E-state index contributed by atoms with van der Waals surface area (Å²) in [6.07, 6.45) is 0. The van der Waals surface area contributed by atoms with Crippen LogP contribution in [0.3, 0.4) is 0 Å². The number of hydrogen-bond donors (Lipinski definition) is 2. The van der Waals surface area contributed by atoms with E-state index in [1.807, 2.05) is 18.2 Å². The van der Waals surface area contributed by atoms with E-state index < -0.39 is 0 Å². The molecule has 2 rings (SSSR count). The van der Waals surface area contributed by atoms with Crippen molar-refractivity contribution < 1.29 is 0 Å². The standard InChI is InChI=1S/C9H9NS2/c10-7-2-1-6-3-8(5-11)12-9(6)4-7/h1-4,11H,5,10H2. The summed E-state index contributed by atoms with van der Waals surface area (Å²) in [4.78, 5) is 1.29. The minimum atomic E-state index is 0.805. The third-order valence-corrected chi connectivity index (χ3v) is 3.40. The Balaban J connectivity index is 2.67. The normalized spacial score (nSPS) is 10.8. The Morgan fingerprint density at radius 1 is 1.33 bits per heavy atom. The summed E-state index contributed by atoms with van der Waals surface area (Å²) in [6.45, 7) is 0. The van der Waals surface area contributed by atoms with Crippen LogP contribution in [0.1, 0.15) is 4.88 Å². The molecule has 0 aliphatic rings. The van der Waals surface area contributed by atoms with E-state index in [2.05, 4.69) is 18.7 Å². The Hall–Kier alpha value is -0.670. The molecule has 0 aliphatic carbocycles. The van der Waals surface area contributed by atoms with Crippen LogP contribution in [0, 0.1) is 0 Å². The number of thiophene rings is 1. The van der Waals surface area contributed by atoms with Gasteiger partial charge in [0.2, 0.25) is 0 Å². The summed E-state index contributed by atoms with van der Waals surface area (Å²) in [5.74, 6) is 0.805. The van der Waals surface area contributed by atoms with E-state index in [1.54, 1.807) is 11.3 Å². The molecule has 2 N–H and O–H groups in total. The van der Waals surface area contributed by atoms with Gasteiger partial charge in [0.1, 0.15) is 0 Å². The predicted molar refractivity (Wildman–Crippen MR) is 58.9 cm³/mol. The van der Waals surface area contributed by atoms with Gasteiger partial charge in [-0.1, -0.05) is 6.07 Å². The van der Waals surface area contributed by atoms with Crippen LogP contribution in [-0.4, -0.2) is 0 Å². The molecule has 0 radical (unpaired) electrons. The van der Waals surface area contributed by atoms with Crippen molar-refractivity contribution in [3.8, 4) is 0 Å². The number of rotatable bonds is 1. The summed E-state index contributed by atoms with van der Waals surface area (Å²) in [7, 11) is 0.